The van der Waals surface area contributed by atoms with Gasteiger partial charge in [0.25, 0.3) is 12.9 Å². The molecule has 0 radical (unpaired) electrons. The Hall–Kier alpha value is -4.78. The third kappa shape index (κ3) is 10.5. The van der Waals surface area contributed by atoms with Crippen LogP contribution in [0.25, 0.3) is 10.1 Å². The van der Waals surface area contributed by atoms with Gasteiger partial charge in [0.05, 0.1) is 18.1 Å². The van der Waals surface area contributed by atoms with E-state index in [1.807, 2.05) is 66.7 Å². The lowest BCUT2D eigenvalue weighted by atomic mass is 10.0. The molecule has 11 nitrogen and oxygen atoms in total. The highest BCUT2D eigenvalue weighted by Crippen LogP contribution is 2.36. The van der Waals surface area contributed by atoms with E-state index in [-0.39, 0.29) is 30.8 Å². The number of hydrogen-bond donors (Lipinski definition) is 5. The second kappa shape index (κ2) is 18.0. The van der Waals surface area contributed by atoms with Crippen molar-refractivity contribution in [3.05, 3.63) is 94.9 Å². The number of carboxylic acid groups (broad SMARTS) is 2. The molecular formula is C32H36N4O7S. The lowest BCUT2D eigenvalue weighted by Gasteiger charge is -2.26. The van der Waals surface area contributed by atoms with Gasteiger partial charge in [0.15, 0.2) is 0 Å². The third-order valence-electron chi connectivity index (χ3n) is 6.61. The van der Waals surface area contributed by atoms with Gasteiger partial charge in [-0.1, -0.05) is 48.5 Å². The van der Waals surface area contributed by atoms with Crippen molar-refractivity contribution >= 4 is 51.8 Å². The predicted octanol–water partition coefficient (Wildman–Crippen LogP) is 4.96. The molecule has 1 fully saturated rings. The molecule has 12 heteroatoms. The zero-order chi connectivity index (χ0) is 31.7. The number of ether oxygens (including phenoxy) is 2. The van der Waals surface area contributed by atoms with Crippen LogP contribution < -0.4 is 15.8 Å². The standard InChI is InChI=1S/C30H32N4O3S.2CH2O2/c31-30(32)28-19-24-26(7-4-8-27(24)38-28)37-25(22-5-2-1-3-6-22)13-14-29(35)33-23-11-9-21(10-12-23)20-34-15-17-36-18-16-34;2*2-1-3/h1-12,19,25H,13-18,20H2,(H3,31,32)(H,33,35);2*1H,(H,2,3). The van der Waals surface area contributed by atoms with E-state index < -0.39 is 0 Å². The number of anilines is 1. The fourth-order valence-electron chi connectivity index (χ4n) is 4.58. The molecule has 1 unspecified atom stereocenters. The highest BCUT2D eigenvalue weighted by Gasteiger charge is 2.18. The van der Waals surface area contributed by atoms with Crippen molar-refractivity contribution in [2.45, 2.75) is 25.5 Å². The normalized spacial score (nSPS) is 13.3. The van der Waals surface area contributed by atoms with Gasteiger partial charge in [-0.3, -0.25) is 24.7 Å². The van der Waals surface area contributed by atoms with E-state index >= 15 is 0 Å². The molecule has 5 rings (SSSR count). The average Bonchev–Trinajstić information content (AvgIpc) is 3.48. The summed E-state index contributed by atoms with van der Waals surface area (Å²) < 4.78 is 12.9. The van der Waals surface area contributed by atoms with Crippen molar-refractivity contribution in [1.82, 2.24) is 4.90 Å². The fourth-order valence-corrected chi connectivity index (χ4v) is 5.52. The molecule has 2 heterocycles. The van der Waals surface area contributed by atoms with Gasteiger partial charge in [-0.2, -0.15) is 0 Å². The Balaban J connectivity index is 0.000000816. The number of benzene rings is 3. The SMILES string of the molecule is N=C(N)c1cc2c(OC(CCC(=O)Nc3ccc(CN4CCOCC4)cc3)c3ccccc3)cccc2s1.O=CO.O=CO. The molecule has 0 bridgehead atoms. The van der Waals surface area contributed by atoms with Crippen LogP contribution in [0.2, 0.25) is 0 Å². The number of morpholine rings is 1. The molecule has 44 heavy (non-hydrogen) atoms. The molecule has 6 N–H and O–H groups in total. The quantitative estimate of drug-likeness (QED) is 0.0932. The van der Waals surface area contributed by atoms with Crippen LogP contribution >= 0.6 is 11.3 Å². The second-order valence-electron chi connectivity index (χ2n) is 9.59. The van der Waals surface area contributed by atoms with Crippen molar-refractivity contribution in [2.75, 3.05) is 31.6 Å². The summed E-state index contributed by atoms with van der Waals surface area (Å²) in [5.74, 6) is 0.710. The third-order valence-corrected chi connectivity index (χ3v) is 7.74. The van der Waals surface area contributed by atoms with E-state index in [9.17, 15) is 4.79 Å². The first-order chi connectivity index (χ1) is 21.4. The van der Waals surface area contributed by atoms with Gasteiger partial charge >= 0.3 is 0 Å². The second-order valence-corrected chi connectivity index (χ2v) is 10.7. The number of nitrogens with zero attached hydrogens (tertiary/aromatic N) is 1. The topological polar surface area (TPSA) is 175 Å². The van der Waals surface area contributed by atoms with Crippen LogP contribution in [-0.4, -0.2) is 66.1 Å². The summed E-state index contributed by atoms with van der Waals surface area (Å²) in [6.45, 7) is 3.84. The molecule has 1 amide bonds. The summed E-state index contributed by atoms with van der Waals surface area (Å²) in [6, 6.07) is 25.8. The van der Waals surface area contributed by atoms with Crippen molar-refractivity contribution in [1.29, 1.82) is 5.41 Å². The summed E-state index contributed by atoms with van der Waals surface area (Å²) in [4.78, 5) is 32.7. The van der Waals surface area contributed by atoms with Crippen molar-refractivity contribution in [2.24, 2.45) is 5.73 Å². The average molecular weight is 621 g/mol. The number of amides is 1. The molecule has 0 spiro atoms. The molecule has 0 saturated carbocycles. The van der Waals surface area contributed by atoms with Gasteiger partial charge in [-0.15, -0.1) is 11.3 Å². The largest absolute Gasteiger partial charge is 0.485 e. The Morgan fingerprint density at radius 1 is 1.02 bits per heavy atom. The maximum Gasteiger partial charge on any atom is 0.290 e. The monoisotopic (exact) mass is 620 g/mol. The lowest BCUT2D eigenvalue weighted by molar-refractivity contribution is -0.123. The first-order valence-corrected chi connectivity index (χ1v) is 14.6. The summed E-state index contributed by atoms with van der Waals surface area (Å²) in [6.07, 6.45) is 0.530. The van der Waals surface area contributed by atoms with Gasteiger partial charge < -0.3 is 30.7 Å². The van der Waals surface area contributed by atoms with Crippen molar-refractivity contribution in [3.8, 4) is 5.75 Å². The highest BCUT2D eigenvalue weighted by molar-refractivity contribution is 7.20. The number of hydrogen-bond acceptors (Lipinski definition) is 8. The molecule has 0 aliphatic carbocycles. The van der Waals surface area contributed by atoms with Crippen LogP contribution in [0.5, 0.6) is 5.75 Å². The van der Waals surface area contributed by atoms with Crippen LogP contribution in [-0.2, 0) is 25.7 Å². The number of amidine groups is 1. The molecule has 1 atom stereocenters. The number of nitrogens with one attached hydrogen (secondary N) is 2. The summed E-state index contributed by atoms with van der Waals surface area (Å²) in [7, 11) is 0. The van der Waals surface area contributed by atoms with Crippen LogP contribution in [0.1, 0.15) is 34.9 Å². The molecule has 1 aliphatic rings. The highest BCUT2D eigenvalue weighted by atomic mass is 32.1. The van der Waals surface area contributed by atoms with E-state index in [2.05, 4.69) is 22.3 Å². The molecular weight excluding hydrogens is 584 g/mol. The number of fused-ring (bicyclic) bond motifs is 1. The van der Waals surface area contributed by atoms with Crippen LogP contribution in [0, 0.1) is 5.41 Å². The first-order valence-electron chi connectivity index (χ1n) is 13.8. The molecule has 1 saturated heterocycles. The van der Waals surface area contributed by atoms with E-state index in [0.29, 0.717) is 17.7 Å². The Morgan fingerprint density at radius 3 is 2.32 bits per heavy atom. The van der Waals surface area contributed by atoms with E-state index in [4.69, 9.17) is 40.4 Å². The molecule has 1 aliphatic heterocycles. The van der Waals surface area contributed by atoms with Gasteiger partial charge in [0.2, 0.25) is 5.91 Å². The number of nitrogens with two attached hydrogens (primary N) is 1. The number of carbonyl (C=O) groups excluding carboxylic acids is 1. The maximum absolute atomic E-state index is 12.9. The zero-order valence-corrected chi connectivity index (χ0v) is 24.9. The van der Waals surface area contributed by atoms with E-state index in [1.54, 1.807) is 0 Å². The number of rotatable bonds is 10. The summed E-state index contributed by atoms with van der Waals surface area (Å²) in [5.41, 5.74) is 8.73. The van der Waals surface area contributed by atoms with Crippen molar-refractivity contribution in [3.63, 3.8) is 0 Å². The van der Waals surface area contributed by atoms with E-state index in [1.165, 1.54) is 16.9 Å². The maximum atomic E-state index is 12.9. The zero-order valence-electron chi connectivity index (χ0n) is 24.1. The smallest absolute Gasteiger partial charge is 0.290 e. The Morgan fingerprint density at radius 2 is 1.68 bits per heavy atom. The first kappa shape index (κ1) is 33.7. The van der Waals surface area contributed by atoms with Gasteiger partial charge in [-0.05, 0) is 47.9 Å². The van der Waals surface area contributed by atoms with Crippen LogP contribution in [0.3, 0.4) is 0 Å². The van der Waals surface area contributed by atoms with Gasteiger partial charge in [0.1, 0.15) is 17.7 Å². The van der Waals surface area contributed by atoms with E-state index in [0.717, 1.165) is 59.9 Å². The van der Waals surface area contributed by atoms with Gasteiger partial charge in [-0.25, -0.2) is 0 Å². The lowest BCUT2D eigenvalue weighted by Crippen LogP contribution is -2.35. The predicted molar refractivity (Wildman–Crippen MR) is 170 cm³/mol. The fraction of sp³-hybridized carbons (Fsp3) is 0.250. The van der Waals surface area contributed by atoms with Crippen molar-refractivity contribution < 1.29 is 34.1 Å². The van der Waals surface area contributed by atoms with Gasteiger partial charge in [0, 0.05) is 41.8 Å². The minimum absolute atomic E-state index is 0.0440. The summed E-state index contributed by atoms with van der Waals surface area (Å²) >= 11 is 1.47. The Kier molecular flexibility index (Phi) is 13.8. The van der Waals surface area contributed by atoms with Crippen LogP contribution in [0.4, 0.5) is 5.69 Å². The molecule has 3 aromatic carbocycles. The van der Waals surface area contributed by atoms with Crippen LogP contribution in [0.15, 0.2) is 78.9 Å². The molecule has 232 valence electrons. The molecule has 4 aromatic rings. The minimum Gasteiger partial charge on any atom is -0.485 e. The molecule has 1 aromatic heterocycles. The summed E-state index contributed by atoms with van der Waals surface area (Å²) in [5, 5.41) is 25.5. The minimum atomic E-state index is -0.302. The number of carbonyl (C=O) groups is 3. The number of thiophene rings is 1. The Labute approximate surface area is 259 Å². The Bertz CT molecular complexity index is 1480. The number of nitrogen functional groups attached to an aromatic ring is 1.